The van der Waals surface area contributed by atoms with Crippen LogP contribution in [0.3, 0.4) is 0 Å². The number of thioether (sulfide) groups is 1. The van der Waals surface area contributed by atoms with Crippen molar-refractivity contribution >= 4 is 23.4 Å². The van der Waals surface area contributed by atoms with Gasteiger partial charge in [0, 0.05) is 16.8 Å². The first-order valence-corrected chi connectivity index (χ1v) is 6.14. The number of hydrogen-bond donors (Lipinski definition) is 2. The minimum absolute atomic E-state index is 0.222. The van der Waals surface area contributed by atoms with Crippen molar-refractivity contribution in [3.8, 4) is 0 Å². The molecular formula is C12H15NO3S. The molecule has 0 spiro atoms. The van der Waals surface area contributed by atoms with Crippen LogP contribution in [0.2, 0.25) is 0 Å². The van der Waals surface area contributed by atoms with E-state index in [2.05, 4.69) is 0 Å². The quantitative estimate of drug-likeness (QED) is 0.752. The summed E-state index contributed by atoms with van der Waals surface area (Å²) in [5, 5.41) is 10.5. The lowest BCUT2D eigenvalue weighted by molar-refractivity contribution is 0.0697. The highest BCUT2D eigenvalue weighted by molar-refractivity contribution is 8.02. The lowest BCUT2D eigenvalue weighted by atomic mass is 10.2. The summed E-state index contributed by atoms with van der Waals surface area (Å²) in [6.07, 6.45) is 0. The van der Waals surface area contributed by atoms with Gasteiger partial charge < -0.3 is 15.6 Å². The van der Waals surface area contributed by atoms with Gasteiger partial charge in [0.15, 0.2) is 0 Å². The summed E-state index contributed by atoms with van der Waals surface area (Å²) in [5.74, 6) is 1.21. The average Bonchev–Trinajstić information content (AvgIpc) is 2.31. The maximum atomic E-state index is 10.3. The number of carbonyl (C=O) groups is 1. The van der Waals surface area contributed by atoms with Crippen molar-refractivity contribution in [2.45, 2.75) is 6.92 Å². The van der Waals surface area contributed by atoms with Crippen LogP contribution in [0.5, 0.6) is 0 Å². The SMILES string of the molecule is CC1=CSCCO1.Nc1cccc(C(=O)O)c1. The Balaban J connectivity index is 0.000000181. The van der Waals surface area contributed by atoms with Gasteiger partial charge in [-0.1, -0.05) is 6.07 Å². The summed E-state index contributed by atoms with van der Waals surface area (Å²) in [5.41, 5.74) is 6.03. The molecule has 1 aliphatic rings. The monoisotopic (exact) mass is 253 g/mol. The van der Waals surface area contributed by atoms with Gasteiger partial charge in [0.1, 0.15) is 0 Å². The number of hydrogen-bond acceptors (Lipinski definition) is 4. The highest BCUT2D eigenvalue weighted by atomic mass is 32.2. The van der Waals surface area contributed by atoms with Gasteiger partial charge in [0.05, 0.1) is 17.9 Å². The minimum atomic E-state index is -0.952. The van der Waals surface area contributed by atoms with Crippen molar-refractivity contribution in [1.29, 1.82) is 0 Å². The van der Waals surface area contributed by atoms with Crippen LogP contribution >= 0.6 is 11.8 Å². The van der Waals surface area contributed by atoms with E-state index in [9.17, 15) is 4.79 Å². The van der Waals surface area contributed by atoms with Crippen molar-refractivity contribution in [3.05, 3.63) is 41.0 Å². The molecule has 0 bridgehead atoms. The molecule has 1 heterocycles. The molecule has 92 valence electrons. The number of aromatic carboxylic acids is 1. The van der Waals surface area contributed by atoms with E-state index in [0.717, 1.165) is 18.1 Å². The molecule has 17 heavy (non-hydrogen) atoms. The average molecular weight is 253 g/mol. The summed E-state index contributed by atoms with van der Waals surface area (Å²) in [6.45, 7) is 2.86. The lowest BCUT2D eigenvalue weighted by Gasteiger charge is -2.08. The fraction of sp³-hybridized carbons (Fsp3) is 0.250. The minimum Gasteiger partial charge on any atom is -0.497 e. The number of nitrogen functional groups attached to an aromatic ring is 1. The van der Waals surface area contributed by atoms with Gasteiger partial charge in [-0.15, -0.1) is 11.8 Å². The third-order valence-corrected chi connectivity index (χ3v) is 2.81. The van der Waals surface area contributed by atoms with Crippen molar-refractivity contribution < 1.29 is 14.6 Å². The maximum Gasteiger partial charge on any atom is 0.335 e. The molecule has 0 radical (unpaired) electrons. The molecule has 0 unspecified atom stereocenters. The third kappa shape index (κ3) is 5.31. The standard InChI is InChI=1S/C7H7NO2.C5H8OS/c8-6-3-1-2-5(4-6)7(9)10;1-5-4-7-3-2-6-5/h1-4H,8H2,(H,9,10);4H,2-3H2,1H3. The van der Waals surface area contributed by atoms with E-state index < -0.39 is 5.97 Å². The summed E-state index contributed by atoms with van der Waals surface area (Å²) >= 11 is 1.82. The number of benzene rings is 1. The number of allylic oxidation sites excluding steroid dienone is 1. The van der Waals surface area contributed by atoms with Gasteiger partial charge in [-0.3, -0.25) is 0 Å². The molecule has 0 aliphatic carbocycles. The number of nitrogens with two attached hydrogens (primary N) is 1. The molecule has 3 N–H and O–H groups in total. The molecule has 0 saturated heterocycles. The van der Waals surface area contributed by atoms with Gasteiger partial charge in [0.25, 0.3) is 0 Å². The van der Waals surface area contributed by atoms with Gasteiger partial charge in [-0.05, 0) is 25.1 Å². The Bertz CT molecular complexity index is 418. The summed E-state index contributed by atoms with van der Waals surface area (Å²) in [6, 6.07) is 6.17. The molecule has 1 aromatic rings. The fourth-order valence-corrected chi connectivity index (χ4v) is 1.73. The Morgan fingerprint density at radius 3 is 2.65 bits per heavy atom. The van der Waals surface area contributed by atoms with E-state index in [0.29, 0.717) is 5.69 Å². The zero-order chi connectivity index (χ0) is 12.7. The first kappa shape index (κ1) is 13.4. The van der Waals surface area contributed by atoms with E-state index in [4.69, 9.17) is 15.6 Å². The van der Waals surface area contributed by atoms with Crippen molar-refractivity contribution in [2.24, 2.45) is 0 Å². The summed E-state index contributed by atoms with van der Waals surface area (Å²) in [4.78, 5) is 10.3. The predicted molar refractivity (Wildman–Crippen MR) is 70.0 cm³/mol. The van der Waals surface area contributed by atoms with E-state index in [1.165, 1.54) is 12.1 Å². The number of ether oxygens (including phenoxy) is 1. The molecule has 5 heteroatoms. The van der Waals surface area contributed by atoms with E-state index in [1.54, 1.807) is 12.1 Å². The van der Waals surface area contributed by atoms with Gasteiger partial charge >= 0.3 is 5.97 Å². The number of carboxylic acid groups (broad SMARTS) is 1. The fourth-order valence-electron chi connectivity index (χ4n) is 1.13. The highest BCUT2D eigenvalue weighted by Crippen LogP contribution is 2.13. The molecular weight excluding hydrogens is 238 g/mol. The second-order valence-corrected chi connectivity index (χ2v) is 4.36. The number of carboxylic acids is 1. The van der Waals surface area contributed by atoms with Gasteiger partial charge in [-0.2, -0.15) is 0 Å². The predicted octanol–water partition coefficient (Wildman–Crippen LogP) is 2.58. The number of rotatable bonds is 1. The Hall–Kier alpha value is -1.62. The van der Waals surface area contributed by atoms with Crippen LogP contribution in [0.1, 0.15) is 17.3 Å². The molecule has 1 aromatic carbocycles. The Morgan fingerprint density at radius 1 is 1.53 bits per heavy atom. The topological polar surface area (TPSA) is 72.5 Å². The molecule has 0 fully saturated rings. The van der Waals surface area contributed by atoms with Gasteiger partial charge in [-0.25, -0.2) is 4.79 Å². The van der Waals surface area contributed by atoms with Crippen LogP contribution in [0.4, 0.5) is 5.69 Å². The van der Waals surface area contributed by atoms with E-state index >= 15 is 0 Å². The Morgan fingerprint density at radius 2 is 2.29 bits per heavy atom. The molecule has 1 aliphatic heterocycles. The first-order valence-electron chi connectivity index (χ1n) is 5.09. The molecule has 0 aromatic heterocycles. The van der Waals surface area contributed by atoms with Crippen molar-refractivity contribution in [2.75, 3.05) is 18.1 Å². The lowest BCUT2D eigenvalue weighted by Crippen LogP contribution is -1.98. The number of anilines is 1. The summed E-state index contributed by atoms with van der Waals surface area (Å²) in [7, 11) is 0. The van der Waals surface area contributed by atoms with Crippen molar-refractivity contribution in [3.63, 3.8) is 0 Å². The molecule has 2 rings (SSSR count). The third-order valence-electron chi connectivity index (χ3n) is 1.91. The zero-order valence-electron chi connectivity index (χ0n) is 9.55. The zero-order valence-corrected chi connectivity index (χ0v) is 10.4. The van der Waals surface area contributed by atoms with Crippen LogP contribution in [0, 0.1) is 0 Å². The molecule has 0 atom stereocenters. The molecule has 0 amide bonds. The van der Waals surface area contributed by atoms with Gasteiger partial charge in [0.2, 0.25) is 0 Å². The Labute approximate surface area is 104 Å². The van der Waals surface area contributed by atoms with E-state index in [-0.39, 0.29) is 5.56 Å². The maximum absolute atomic E-state index is 10.3. The van der Waals surface area contributed by atoms with Crippen LogP contribution in [0.25, 0.3) is 0 Å². The van der Waals surface area contributed by atoms with Crippen LogP contribution in [0.15, 0.2) is 35.4 Å². The normalized spacial score (nSPS) is 13.8. The Kier molecular flexibility index (Phi) is 5.42. The smallest absolute Gasteiger partial charge is 0.335 e. The molecule has 0 saturated carbocycles. The van der Waals surface area contributed by atoms with Crippen LogP contribution in [-0.2, 0) is 4.74 Å². The molecule has 4 nitrogen and oxygen atoms in total. The van der Waals surface area contributed by atoms with Crippen molar-refractivity contribution in [1.82, 2.24) is 0 Å². The summed E-state index contributed by atoms with van der Waals surface area (Å²) < 4.78 is 5.12. The second kappa shape index (κ2) is 6.85. The first-order chi connectivity index (χ1) is 8.09. The van der Waals surface area contributed by atoms with Crippen LogP contribution in [-0.4, -0.2) is 23.4 Å². The van der Waals surface area contributed by atoms with Crippen LogP contribution < -0.4 is 5.73 Å². The highest BCUT2D eigenvalue weighted by Gasteiger charge is 1.99. The van der Waals surface area contributed by atoms with E-state index in [1.807, 2.05) is 24.1 Å². The second-order valence-electron chi connectivity index (χ2n) is 3.38. The largest absolute Gasteiger partial charge is 0.497 e.